The highest BCUT2D eigenvalue weighted by Gasteiger charge is 2.35. The first-order chi connectivity index (χ1) is 13.1. The summed E-state index contributed by atoms with van der Waals surface area (Å²) in [6, 6.07) is 4.47. The fourth-order valence-corrected chi connectivity index (χ4v) is 4.96. The van der Waals surface area contributed by atoms with Gasteiger partial charge in [0, 0.05) is 13.1 Å². The van der Waals surface area contributed by atoms with E-state index in [1.54, 1.807) is 18.2 Å². The van der Waals surface area contributed by atoms with Crippen molar-refractivity contribution in [2.24, 2.45) is 0 Å². The number of amides is 1. The topological polar surface area (TPSA) is 107 Å². The van der Waals surface area contributed by atoms with Crippen LogP contribution in [0.4, 0.5) is 0 Å². The van der Waals surface area contributed by atoms with E-state index in [9.17, 15) is 18.0 Å². The summed E-state index contributed by atoms with van der Waals surface area (Å²) in [5.74, 6) is -1.06. The van der Waals surface area contributed by atoms with Crippen LogP contribution in [0.15, 0.2) is 18.2 Å². The van der Waals surface area contributed by atoms with Gasteiger partial charge in [0.25, 0.3) is 5.91 Å². The number of ether oxygens (including phenoxy) is 1. The lowest BCUT2D eigenvalue weighted by atomic mass is 10.1. The van der Waals surface area contributed by atoms with Crippen LogP contribution in [-0.2, 0) is 19.4 Å². The molecule has 3 rings (SSSR count). The molecule has 2 atom stereocenters. The molecular weight excluding hydrogens is 382 g/mol. The van der Waals surface area contributed by atoms with Gasteiger partial charge in [-0.3, -0.25) is 4.79 Å². The second-order valence-electron chi connectivity index (χ2n) is 7.15. The van der Waals surface area contributed by atoms with Gasteiger partial charge < -0.3 is 9.64 Å². The third kappa shape index (κ3) is 4.14. The van der Waals surface area contributed by atoms with Crippen molar-refractivity contribution in [3.63, 3.8) is 0 Å². The molecule has 0 saturated carbocycles. The maximum Gasteiger partial charge on any atom is 0.338 e. The molecule has 9 heteroatoms. The predicted molar refractivity (Wildman–Crippen MR) is 104 cm³/mol. The minimum atomic E-state index is -3.11. The molecule has 28 heavy (non-hydrogen) atoms. The standard InChI is InChI=1S/C19H23N3O5S/c1-11-12(2)21-17-9-14(5-6-16(17)20-11)19(24)27-13(3)18(23)22(4)15-7-8-28(25,26)10-15/h5-6,9,13,15H,7-8,10H2,1-4H3/t13-,15-/m0/s1. The second kappa shape index (κ2) is 7.46. The highest BCUT2D eigenvalue weighted by Crippen LogP contribution is 2.19. The van der Waals surface area contributed by atoms with Crippen LogP contribution in [0.25, 0.3) is 11.0 Å². The Morgan fingerprint density at radius 1 is 1.18 bits per heavy atom. The average Bonchev–Trinajstić information content (AvgIpc) is 3.00. The van der Waals surface area contributed by atoms with E-state index in [4.69, 9.17) is 4.74 Å². The lowest BCUT2D eigenvalue weighted by molar-refractivity contribution is -0.140. The van der Waals surface area contributed by atoms with E-state index < -0.39 is 27.8 Å². The van der Waals surface area contributed by atoms with Gasteiger partial charge in [0.1, 0.15) is 0 Å². The van der Waals surface area contributed by atoms with Crippen molar-refractivity contribution in [2.45, 2.75) is 39.3 Å². The summed E-state index contributed by atoms with van der Waals surface area (Å²) >= 11 is 0. The quantitative estimate of drug-likeness (QED) is 0.709. The fourth-order valence-electron chi connectivity index (χ4n) is 3.18. The fraction of sp³-hybridized carbons (Fsp3) is 0.474. The second-order valence-corrected chi connectivity index (χ2v) is 9.38. The molecule has 8 nitrogen and oxygen atoms in total. The molecule has 0 radical (unpaired) electrons. The third-order valence-corrected chi connectivity index (χ3v) is 6.80. The van der Waals surface area contributed by atoms with Crippen molar-refractivity contribution >= 4 is 32.7 Å². The largest absolute Gasteiger partial charge is 0.449 e. The van der Waals surface area contributed by atoms with Gasteiger partial charge in [-0.15, -0.1) is 0 Å². The van der Waals surface area contributed by atoms with Gasteiger partial charge in [0.15, 0.2) is 15.9 Å². The van der Waals surface area contributed by atoms with Crippen LogP contribution in [0, 0.1) is 13.8 Å². The Labute approximate surface area is 163 Å². The molecule has 2 aromatic rings. The lowest BCUT2D eigenvalue weighted by Gasteiger charge is -2.26. The SMILES string of the molecule is Cc1nc2ccc(C(=O)O[C@@H](C)C(=O)N(C)[C@H]3CCS(=O)(=O)C3)cc2nc1C. The van der Waals surface area contributed by atoms with Crippen molar-refractivity contribution in [3.05, 3.63) is 35.2 Å². The van der Waals surface area contributed by atoms with Crippen molar-refractivity contribution in [3.8, 4) is 0 Å². The Kier molecular flexibility index (Phi) is 5.38. The summed E-state index contributed by atoms with van der Waals surface area (Å²) in [5, 5.41) is 0. The van der Waals surface area contributed by atoms with Crippen LogP contribution in [0.2, 0.25) is 0 Å². The maximum absolute atomic E-state index is 12.5. The van der Waals surface area contributed by atoms with Crippen molar-refractivity contribution < 1.29 is 22.7 Å². The van der Waals surface area contributed by atoms with Crippen LogP contribution in [0.3, 0.4) is 0 Å². The molecule has 0 spiro atoms. The average molecular weight is 405 g/mol. The molecule has 1 aromatic carbocycles. The smallest absolute Gasteiger partial charge is 0.338 e. The first kappa shape index (κ1) is 20.2. The predicted octanol–water partition coefficient (Wildman–Crippen LogP) is 1.44. The van der Waals surface area contributed by atoms with Crippen LogP contribution in [0.1, 0.15) is 35.1 Å². The summed E-state index contributed by atoms with van der Waals surface area (Å²) in [7, 11) is -1.57. The number of hydrogen-bond donors (Lipinski definition) is 0. The van der Waals surface area contributed by atoms with E-state index in [2.05, 4.69) is 9.97 Å². The number of carbonyl (C=O) groups excluding carboxylic acids is 2. The van der Waals surface area contributed by atoms with Crippen LogP contribution in [-0.4, -0.2) is 65.9 Å². The summed E-state index contributed by atoms with van der Waals surface area (Å²) in [6.45, 7) is 5.18. The van der Waals surface area contributed by atoms with Crippen LogP contribution >= 0.6 is 0 Å². The van der Waals surface area contributed by atoms with Crippen molar-refractivity contribution in [2.75, 3.05) is 18.6 Å². The molecule has 1 aliphatic rings. The van der Waals surface area contributed by atoms with E-state index in [-0.39, 0.29) is 23.1 Å². The van der Waals surface area contributed by atoms with Crippen LogP contribution in [0.5, 0.6) is 0 Å². The molecule has 0 aliphatic carbocycles. The number of rotatable bonds is 4. The van der Waals surface area contributed by atoms with Gasteiger partial charge in [-0.2, -0.15) is 0 Å². The number of aryl methyl sites for hydroxylation is 2. The molecule has 2 heterocycles. The van der Waals surface area contributed by atoms with E-state index >= 15 is 0 Å². The zero-order valence-electron chi connectivity index (χ0n) is 16.3. The Morgan fingerprint density at radius 2 is 1.82 bits per heavy atom. The molecule has 1 amide bonds. The molecule has 1 aliphatic heterocycles. The van der Waals surface area contributed by atoms with Crippen LogP contribution < -0.4 is 0 Å². The molecule has 1 saturated heterocycles. The van der Waals surface area contributed by atoms with Gasteiger partial charge >= 0.3 is 5.97 Å². The van der Waals surface area contributed by atoms with Crippen molar-refractivity contribution in [1.82, 2.24) is 14.9 Å². The van der Waals surface area contributed by atoms with Gasteiger partial charge in [0.2, 0.25) is 0 Å². The van der Waals surface area contributed by atoms with Gasteiger partial charge in [-0.25, -0.2) is 23.2 Å². The zero-order valence-corrected chi connectivity index (χ0v) is 17.1. The minimum Gasteiger partial charge on any atom is -0.449 e. The van der Waals surface area contributed by atoms with E-state index in [1.165, 1.54) is 18.9 Å². The Balaban J connectivity index is 1.70. The van der Waals surface area contributed by atoms with Gasteiger partial charge in [0.05, 0.1) is 39.5 Å². The van der Waals surface area contributed by atoms with E-state index in [0.29, 0.717) is 17.5 Å². The maximum atomic E-state index is 12.5. The summed E-state index contributed by atoms with van der Waals surface area (Å²) < 4.78 is 28.5. The van der Waals surface area contributed by atoms with E-state index in [0.717, 1.165) is 11.4 Å². The number of esters is 1. The molecule has 1 fully saturated rings. The number of likely N-dealkylation sites (N-methyl/N-ethyl adjacent to an activating group) is 1. The Bertz CT molecular complexity index is 1050. The number of hydrogen-bond acceptors (Lipinski definition) is 7. The number of aromatic nitrogens is 2. The molecule has 150 valence electrons. The summed E-state index contributed by atoms with van der Waals surface area (Å²) in [6.07, 6.45) is -0.629. The minimum absolute atomic E-state index is 0.0575. The normalized spacial score (nSPS) is 19.4. The van der Waals surface area contributed by atoms with Gasteiger partial charge in [-0.1, -0.05) is 0 Å². The Morgan fingerprint density at radius 3 is 2.43 bits per heavy atom. The first-order valence-electron chi connectivity index (χ1n) is 9.00. The molecule has 1 aromatic heterocycles. The third-order valence-electron chi connectivity index (χ3n) is 5.05. The summed E-state index contributed by atoms with van der Waals surface area (Å²) in [5.41, 5.74) is 3.11. The highest BCUT2D eigenvalue weighted by atomic mass is 32.2. The molecule has 0 bridgehead atoms. The number of benzene rings is 1. The number of fused-ring (bicyclic) bond motifs is 1. The monoisotopic (exact) mass is 405 g/mol. The molecular formula is C19H23N3O5S. The number of carbonyl (C=O) groups is 2. The first-order valence-corrected chi connectivity index (χ1v) is 10.8. The van der Waals surface area contributed by atoms with Gasteiger partial charge in [-0.05, 0) is 45.4 Å². The highest BCUT2D eigenvalue weighted by molar-refractivity contribution is 7.91. The number of nitrogens with zero attached hydrogens (tertiary/aromatic N) is 3. The van der Waals surface area contributed by atoms with Crippen molar-refractivity contribution in [1.29, 1.82) is 0 Å². The molecule has 0 N–H and O–H groups in total. The molecule has 0 unspecified atom stereocenters. The number of sulfone groups is 1. The van der Waals surface area contributed by atoms with E-state index in [1.807, 2.05) is 13.8 Å². The zero-order chi connectivity index (χ0) is 20.6. The summed E-state index contributed by atoms with van der Waals surface area (Å²) in [4.78, 5) is 35.2. The lowest BCUT2D eigenvalue weighted by Crippen LogP contribution is -2.44. The Hall–Kier alpha value is -2.55.